The summed E-state index contributed by atoms with van der Waals surface area (Å²) >= 11 is 0. The third kappa shape index (κ3) is 3.30. The highest BCUT2D eigenvalue weighted by Gasteiger charge is 2.53. The van der Waals surface area contributed by atoms with E-state index in [1.165, 1.54) is 38.5 Å². The summed E-state index contributed by atoms with van der Waals surface area (Å²) in [6.45, 7) is 3.45. The van der Waals surface area contributed by atoms with Gasteiger partial charge in [0.05, 0.1) is 12.2 Å². The molecule has 0 spiro atoms. The smallest absolute Gasteiger partial charge is 0.193 e. The molecule has 4 fully saturated rings. The maximum atomic E-state index is 9.42. The monoisotopic (exact) mass is 449 g/mol. The Hall–Kier alpha value is -0.0800. The molecule has 4 atom stereocenters. The van der Waals surface area contributed by atoms with E-state index in [1.54, 1.807) is 0 Å². The van der Waals surface area contributed by atoms with Crippen LogP contribution in [0.25, 0.3) is 0 Å². The molecule has 0 amide bonds. The number of fused-ring (bicyclic) bond motifs is 5. The zero-order valence-corrected chi connectivity index (χ0v) is 17.1. The fraction of sp³-hybridized carbons (Fsp3) is 0.944. The third-order valence-electron chi connectivity index (χ3n) is 6.89. The van der Waals surface area contributed by atoms with Crippen LogP contribution in [0.2, 0.25) is 0 Å². The van der Waals surface area contributed by atoms with Crippen LogP contribution in [0.1, 0.15) is 44.9 Å². The van der Waals surface area contributed by atoms with Crippen molar-refractivity contribution in [1.82, 2.24) is 10.2 Å². The van der Waals surface area contributed by atoms with Gasteiger partial charge in [-0.25, -0.2) is 0 Å². The van der Waals surface area contributed by atoms with Crippen LogP contribution in [0.5, 0.6) is 0 Å². The number of hydrogen-bond donors (Lipinski definition) is 2. The van der Waals surface area contributed by atoms with Crippen molar-refractivity contribution in [3.8, 4) is 0 Å². The van der Waals surface area contributed by atoms with Crippen LogP contribution in [0, 0.1) is 17.3 Å². The summed E-state index contributed by atoms with van der Waals surface area (Å²) in [5, 5.41) is 13.1. The predicted octanol–water partition coefficient (Wildman–Crippen LogP) is 2.23. The summed E-state index contributed by atoms with van der Waals surface area (Å²) in [6, 6.07) is 0. The molecule has 4 rings (SSSR count). The molecule has 6 heteroatoms. The summed E-state index contributed by atoms with van der Waals surface area (Å²) in [6.07, 6.45) is 9.51. The number of nitrogens with one attached hydrogen (secondary N) is 1. The number of rotatable bonds is 4. The van der Waals surface area contributed by atoms with Crippen LogP contribution in [0.3, 0.4) is 0 Å². The summed E-state index contributed by atoms with van der Waals surface area (Å²) < 4.78 is 6.08. The molecule has 0 aromatic rings. The van der Waals surface area contributed by atoms with Crippen LogP contribution in [0.15, 0.2) is 4.99 Å². The molecule has 4 aliphatic rings. The van der Waals surface area contributed by atoms with Crippen LogP contribution >= 0.6 is 24.0 Å². The molecule has 138 valence electrons. The zero-order valence-electron chi connectivity index (χ0n) is 14.7. The lowest BCUT2D eigenvalue weighted by molar-refractivity contribution is 0.0766. The first-order chi connectivity index (χ1) is 11.2. The molecule has 3 saturated heterocycles. The number of nitrogens with zero attached hydrogens (tertiary/aromatic N) is 2. The number of aliphatic imine (C=N–C) groups is 1. The molecule has 5 nitrogen and oxygen atoms in total. The van der Waals surface area contributed by atoms with Gasteiger partial charge >= 0.3 is 0 Å². The normalized spacial score (nSPS) is 36.8. The summed E-state index contributed by atoms with van der Waals surface area (Å²) in [5.41, 5.74) is 0.280. The zero-order chi connectivity index (χ0) is 15.9. The van der Waals surface area contributed by atoms with Crippen LogP contribution < -0.4 is 5.32 Å². The standard InChI is InChI=1S/C18H31N3O2.HI/c1-19-17(20-12-18(8-9-22)6-2-3-7-18)21-10-13-14(11-21)16-5-4-15(13)23-16;/h13-16,22H,2-12H2,1H3,(H,19,20);1H. The number of guanidine groups is 1. The topological polar surface area (TPSA) is 57.1 Å². The van der Waals surface area contributed by atoms with E-state index >= 15 is 0 Å². The molecule has 2 N–H and O–H groups in total. The highest BCUT2D eigenvalue weighted by Crippen LogP contribution is 2.47. The number of hydrogen-bond acceptors (Lipinski definition) is 3. The molecule has 0 aromatic heterocycles. The van der Waals surface area contributed by atoms with E-state index in [4.69, 9.17) is 4.74 Å². The second kappa shape index (κ2) is 7.66. The van der Waals surface area contributed by atoms with Gasteiger partial charge in [0.15, 0.2) is 5.96 Å². The molecule has 4 unspecified atom stereocenters. The highest BCUT2D eigenvalue weighted by atomic mass is 127. The lowest BCUT2D eigenvalue weighted by Crippen LogP contribution is -2.45. The van der Waals surface area contributed by atoms with Gasteiger partial charge in [-0.05, 0) is 37.5 Å². The van der Waals surface area contributed by atoms with Crippen molar-refractivity contribution in [2.24, 2.45) is 22.2 Å². The Kier molecular flexibility index (Phi) is 5.97. The van der Waals surface area contributed by atoms with Crippen molar-refractivity contribution in [1.29, 1.82) is 0 Å². The Morgan fingerprint density at radius 1 is 1.21 bits per heavy atom. The van der Waals surface area contributed by atoms with Gasteiger partial charge in [-0.2, -0.15) is 0 Å². The van der Waals surface area contributed by atoms with Gasteiger partial charge < -0.3 is 20.1 Å². The van der Waals surface area contributed by atoms with Crippen molar-refractivity contribution < 1.29 is 9.84 Å². The number of ether oxygens (including phenoxy) is 1. The molecule has 3 heterocycles. The summed E-state index contributed by atoms with van der Waals surface area (Å²) in [7, 11) is 1.90. The quantitative estimate of drug-likeness (QED) is 0.393. The molecule has 1 aliphatic carbocycles. The lowest BCUT2D eigenvalue weighted by atomic mass is 9.82. The van der Waals surface area contributed by atoms with Gasteiger partial charge in [-0.1, -0.05) is 12.8 Å². The second-order valence-electron chi connectivity index (χ2n) is 8.10. The molecule has 0 radical (unpaired) electrons. The van der Waals surface area contributed by atoms with E-state index in [0.29, 0.717) is 30.7 Å². The van der Waals surface area contributed by atoms with Crippen molar-refractivity contribution >= 4 is 29.9 Å². The first kappa shape index (κ1) is 18.7. The first-order valence-corrected chi connectivity index (χ1v) is 9.47. The SMILES string of the molecule is CN=C(NCC1(CCO)CCCC1)N1CC2C3CCC(O3)C2C1.I. The molecule has 3 aliphatic heterocycles. The Balaban J connectivity index is 0.00000169. The van der Waals surface area contributed by atoms with Crippen molar-refractivity contribution in [3.05, 3.63) is 0 Å². The van der Waals surface area contributed by atoms with Gasteiger partial charge in [0.2, 0.25) is 0 Å². The van der Waals surface area contributed by atoms with Crippen LogP contribution in [-0.4, -0.2) is 61.5 Å². The fourth-order valence-corrected chi connectivity index (χ4v) is 5.61. The molecular formula is C18H32IN3O2. The van der Waals surface area contributed by atoms with E-state index in [2.05, 4.69) is 15.2 Å². The van der Waals surface area contributed by atoms with E-state index < -0.39 is 0 Å². The van der Waals surface area contributed by atoms with E-state index in [-0.39, 0.29) is 29.4 Å². The summed E-state index contributed by atoms with van der Waals surface area (Å²) in [5.74, 6) is 2.48. The number of halogens is 1. The third-order valence-corrected chi connectivity index (χ3v) is 6.89. The van der Waals surface area contributed by atoms with Crippen LogP contribution in [0.4, 0.5) is 0 Å². The first-order valence-electron chi connectivity index (χ1n) is 9.47. The average Bonchev–Trinajstić information content (AvgIpc) is 3.30. The Morgan fingerprint density at radius 3 is 2.38 bits per heavy atom. The molecule has 0 aromatic carbocycles. The predicted molar refractivity (Wildman–Crippen MR) is 106 cm³/mol. The second-order valence-corrected chi connectivity index (χ2v) is 8.10. The lowest BCUT2D eigenvalue weighted by Gasteiger charge is -2.31. The Morgan fingerprint density at radius 2 is 1.83 bits per heavy atom. The van der Waals surface area contributed by atoms with Gasteiger partial charge in [-0.3, -0.25) is 4.99 Å². The van der Waals surface area contributed by atoms with Crippen molar-refractivity contribution in [2.45, 2.75) is 57.2 Å². The summed E-state index contributed by atoms with van der Waals surface area (Å²) in [4.78, 5) is 7.00. The van der Waals surface area contributed by atoms with E-state index in [1.807, 2.05) is 7.05 Å². The maximum Gasteiger partial charge on any atom is 0.193 e. The molecule has 2 bridgehead atoms. The number of aliphatic hydroxyl groups excluding tert-OH is 1. The molecule has 1 saturated carbocycles. The Bertz CT molecular complexity index is 449. The van der Waals surface area contributed by atoms with Gasteiger partial charge in [-0.15, -0.1) is 24.0 Å². The van der Waals surface area contributed by atoms with Crippen molar-refractivity contribution in [2.75, 3.05) is 33.3 Å². The van der Waals surface area contributed by atoms with Crippen molar-refractivity contribution in [3.63, 3.8) is 0 Å². The van der Waals surface area contributed by atoms with Gasteiger partial charge in [0.25, 0.3) is 0 Å². The Labute approximate surface area is 162 Å². The highest BCUT2D eigenvalue weighted by molar-refractivity contribution is 14.0. The minimum absolute atomic E-state index is 0. The van der Waals surface area contributed by atoms with E-state index in [0.717, 1.165) is 32.0 Å². The van der Waals surface area contributed by atoms with E-state index in [9.17, 15) is 5.11 Å². The average molecular weight is 449 g/mol. The minimum Gasteiger partial charge on any atom is -0.396 e. The van der Waals surface area contributed by atoms with Gasteiger partial charge in [0, 0.05) is 45.1 Å². The van der Waals surface area contributed by atoms with Gasteiger partial charge in [0.1, 0.15) is 0 Å². The fourth-order valence-electron chi connectivity index (χ4n) is 5.61. The number of likely N-dealkylation sites (tertiary alicyclic amines) is 1. The largest absolute Gasteiger partial charge is 0.396 e. The minimum atomic E-state index is 0. The molecule has 24 heavy (non-hydrogen) atoms. The number of aliphatic hydroxyl groups is 1. The van der Waals surface area contributed by atoms with Crippen LogP contribution in [-0.2, 0) is 4.74 Å². The maximum absolute atomic E-state index is 9.42. The molecular weight excluding hydrogens is 417 g/mol.